The number of aliphatic hydroxyl groups is 1. The number of carbonyl (C=O) groups excluding carboxylic acids is 2. The maximum atomic E-state index is 11.9. The van der Waals surface area contributed by atoms with Crippen molar-refractivity contribution < 1.29 is 24.2 Å². The summed E-state index contributed by atoms with van der Waals surface area (Å²) in [6.45, 7) is 6.62. The number of esters is 2. The molecule has 0 aromatic heterocycles. The second kappa shape index (κ2) is 31.8. The molecule has 5 nitrogen and oxygen atoms in total. The molecule has 0 fully saturated rings. The number of unbranched alkanes of at least 4 members (excludes halogenated alkanes) is 21. The monoisotopic (exact) mass is 583 g/mol. The van der Waals surface area contributed by atoms with Gasteiger partial charge in [0, 0.05) is 12.8 Å². The highest BCUT2D eigenvalue weighted by molar-refractivity contribution is 5.69. The van der Waals surface area contributed by atoms with Crippen LogP contribution in [0.1, 0.15) is 194 Å². The largest absolute Gasteiger partial charge is 0.463 e. The second-order valence-corrected chi connectivity index (χ2v) is 12.6. The van der Waals surface area contributed by atoms with E-state index in [4.69, 9.17) is 9.47 Å². The maximum absolute atomic E-state index is 11.9. The Bertz CT molecular complexity index is 564. The summed E-state index contributed by atoms with van der Waals surface area (Å²) in [5, 5.41) is 9.96. The van der Waals surface area contributed by atoms with Crippen LogP contribution in [0.2, 0.25) is 0 Å². The molecular formula is C36H70O5. The lowest BCUT2D eigenvalue weighted by atomic mass is 10.00. The summed E-state index contributed by atoms with van der Waals surface area (Å²) in [7, 11) is 0. The first-order valence-corrected chi connectivity index (χ1v) is 18.0. The second-order valence-electron chi connectivity index (χ2n) is 12.6. The first-order chi connectivity index (χ1) is 20.0. The van der Waals surface area contributed by atoms with Gasteiger partial charge in [0.1, 0.15) is 19.3 Å². The molecule has 2 atom stereocenters. The van der Waals surface area contributed by atoms with Crippen LogP contribution < -0.4 is 0 Å². The van der Waals surface area contributed by atoms with Crippen LogP contribution in [0.5, 0.6) is 0 Å². The molecular weight excluding hydrogens is 512 g/mol. The molecule has 0 heterocycles. The summed E-state index contributed by atoms with van der Waals surface area (Å²) in [6.07, 6.45) is 31.6. The molecule has 0 radical (unpaired) electrons. The Kier molecular flexibility index (Phi) is 31.0. The number of carbonyl (C=O) groups is 2. The minimum absolute atomic E-state index is 0.109. The first kappa shape index (κ1) is 39.9. The summed E-state index contributed by atoms with van der Waals surface area (Å²) < 4.78 is 10.3. The third-order valence-electron chi connectivity index (χ3n) is 8.38. The quantitative estimate of drug-likeness (QED) is 0.0631. The Morgan fingerprint density at radius 2 is 0.829 bits per heavy atom. The molecule has 5 heteroatoms. The molecule has 0 aliphatic rings. The van der Waals surface area contributed by atoms with Crippen LogP contribution in [0.15, 0.2) is 0 Å². The summed E-state index contributed by atoms with van der Waals surface area (Å²) in [6, 6.07) is 0. The Morgan fingerprint density at radius 3 is 1.17 bits per heavy atom. The van der Waals surface area contributed by atoms with E-state index >= 15 is 0 Å². The third-order valence-corrected chi connectivity index (χ3v) is 8.38. The van der Waals surface area contributed by atoms with Crippen molar-refractivity contribution in [2.75, 3.05) is 13.2 Å². The van der Waals surface area contributed by atoms with Gasteiger partial charge in [-0.25, -0.2) is 0 Å². The van der Waals surface area contributed by atoms with Crippen LogP contribution in [0.4, 0.5) is 0 Å². The van der Waals surface area contributed by atoms with Gasteiger partial charge in [0.25, 0.3) is 0 Å². The van der Waals surface area contributed by atoms with Gasteiger partial charge in [0.05, 0.1) is 0 Å². The Hall–Kier alpha value is -1.10. The molecule has 0 amide bonds. The highest BCUT2D eigenvalue weighted by atomic mass is 16.6. The Balaban J connectivity index is 3.39. The van der Waals surface area contributed by atoms with Crippen molar-refractivity contribution in [3.8, 4) is 0 Å². The predicted octanol–water partition coefficient (Wildman–Crippen LogP) is 10.6. The number of hydrogen-bond donors (Lipinski definition) is 1. The highest BCUT2D eigenvalue weighted by Gasteiger charge is 2.12. The van der Waals surface area contributed by atoms with Crippen LogP contribution in [0.3, 0.4) is 0 Å². The van der Waals surface area contributed by atoms with Crippen LogP contribution >= 0.6 is 0 Å². The summed E-state index contributed by atoms with van der Waals surface area (Å²) in [4.78, 5) is 23.8. The van der Waals surface area contributed by atoms with E-state index in [1.54, 1.807) is 0 Å². The SMILES string of the molecule is CCCCCCCCCCCCCCCCCCCC(=O)OC[C@H](O)COC(=O)CCCCCCCCC(C)CC. The van der Waals surface area contributed by atoms with Crippen molar-refractivity contribution in [1.29, 1.82) is 0 Å². The van der Waals surface area contributed by atoms with Crippen LogP contribution in [-0.2, 0) is 19.1 Å². The molecule has 0 aromatic rings. The zero-order valence-corrected chi connectivity index (χ0v) is 27.7. The molecule has 0 aliphatic carbocycles. The van der Waals surface area contributed by atoms with Crippen molar-refractivity contribution in [3.63, 3.8) is 0 Å². The standard InChI is InChI=1S/C36H70O5/c1-4-6-7-8-9-10-11-12-13-14-15-16-17-18-19-23-26-29-35(38)40-31-34(37)32-41-36(39)30-27-24-21-20-22-25-28-33(3)5-2/h33-34,37H,4-32H2,1-3H3/t33?,34-/m0/s1. The fourth-order valence-electron chi connectivity index (χ4n) is 5.24. The van der Waals surface area contributed by atoms with E-state index in [1.807, 2.05) is 0 Å². The minimum Gasteiger partial charge on any atom is -0.463 e. The molecule has 0 saturated heterocycles. The highest BCUT2D eigenvalue weighted by Crippen LogP contribution is 2.16. The summed E-state index contributed by atoms with van der Waals surface area (Å²) in [5.41, 5.74) is 0. The smallest absolute Gasteiger partial charge is 0.305 e. The molecule has 0 rings (SSSR count). The minimum atomic E-state index is -0.955. The Morgan fingerprint density at radius 1 is 0.512 bits per heavy atom. The van der Waals surface area contributed by atoms with Gasteiger partial charge in [-0.1, -0.05) is 168 Å². The molecule has 0 spiro atoms. The van der Waals surface area contributed by atoms with E-state index in [-0.39, 0.29) is 25.2 Å². The van der Waals surface area contributed by atoms with Gasteiger partial charge in [0.2, 0.25) is 0 Å². The van der Waals surface area contributed by atoms with E-state index < -0.39 is 6.10 Å². The molecule has 0 aliphatic heterocycles. The van der Waals surface area contributed by atoms with Gasteiger partial charge in [-0.3, -0.25) is 9.59 Å². The fourth-order valence-corrected chi connectivity index (χ4v) is 5.24. The molecule has 41 heavy (non-hydrogen) atoms. The molecule has 0 saturated carbocycles. The molecule has 1 unspecified atom stereocenters. The molecule has 244 valence electrons. The van der Waals surface area contributed by atoms with Gasteiger partial charge in [-0.15, -0.1) is 0 Å². The lowest BCUT2D eigenvalue weighted by Gasteiger charge is -2.12. The predicted molar refractivity (Wildman–Crippen MR) is 173 cm³/mol. The normalized spacial score (nSPS) is 12.8. The van der Waals surface area contributed by atoms with Gasteiger partial charge < -0.3 is 14.6 Å². The van der Waals surface area contributed by atoms with E-state index in [2.05, 4.69) is 20.8 Å². The summed E-state index contributed by atoms with van der Waals surface area (Å²) >= 11 is 0. The lowest BCUT2D eigenvalue weighted by molar-refractivity contribution is -0.152. The van der Waals surface area contributed by atoms with Crippen molar-refractivity contribution in [2.45, 2.75) is 200 Å². The first-order valence-electron chi connectivity index (χ1n) is 18.0. The van der Waals surface area contributed by atoms with Crippen LogP contribution in [-0.4, -0.2) is 36.4 Å². The van der Waals surface area contributed by atoms with E-state index in [9.17, 15) is 14.7 Å². The van der Waals surface area contributed by atoms with Crippen LogP contribution in [0, 0.1) is 5.92 Å². The number of rotatable bonds is 32. The molecule has 1 N–H and O–H groups in total. The summed E-state index contributed by atoms with van der Waals surface area (Å²) in [5.74, 6) is 0.272. The average Bonchev–Trinajstić information content (AvgIpc) is 2.97. The fraction of sp³-hybridized carbons (Fsp3) is 0.944. The maximum Gasteiger partial charge on any atom is 0.305 e. The third kappa shape index (κ3) is 31.7. The van der Waals surface area contributed by atoms with Gasteiger partial charge in [-0.2, -0.15) is 0 Å². The zero-order valence-electron chi connectivity index (χ0n) is 27.7. The van der Waals surface area contributed by atoms with E-state index in [0.29, 0.717) is 12.8 Å². The number of ether oxygens (including phenoxy) is 2. The zero-order chi connectivity index (χ0) is 30.2. The van der Waals surface area contributed by atoms with Crippen molar-refractivity contribution in [1.82, 2.24) is 0 Å². The number of hydrogen-bond acceptors (Lipinski definition) is 5. The van der Waals surface area contributed by atoms with Crippen LogP contribution in [0.25, 0.3) is 0 Å². The molecule has 0 bridgehead atoms. The van der Waals surface area contributed by atoms with Crippen molar-refractivity contribution in [2.24, 2.45) is 5.92 Å². The van der Waals surface area contributed by atoms with Gasteiger partial charge >= 0.3 is 11.9 Å². The van der Waals surface area contributed by atoms with Crippen molar-refractivity contribution >= 4 is 11.9 Å². The number of aliphatic hydroxyl groups excluding tert-OH is 1. The van der Waals surface area contributed by atoms with Gasteiger partial charge in [-0.05, 0) is 18.8 Å². The van der Waals surface area contributed by atoms with Crippen molar-refractivity contribution in [3.05, 3.63) is 0 Å². The van der Waals surface area contributed by atoms with E-state index in [1.165, 1.54) is 128 Å². The average molecular weight is 583 g/mol. The topological polar surface area (TPSA) is 72.8 Å². The molecule has 0 aromatic carbocycles. The van der Waals surface area contributed by atoms with Gasteiger partial charge in [0.15, 0.2) is 0 Å². The lowest BCUT2D eigenvalue weighted by Crippen LogP contribution is -2.25. The Labute approximate surface area is 255 Å². The van der Waals surface area contributed by atoms with E-state index in [0.717, 1.165) is 38.0 Å².